The van der Waals surface area contributed by atoms with E-state index >= 15 is 0 Å². The van der Waals surface area contributed by atoms with Crippen LogP contribution in [-0.2, 0) is 26.0 Å². The summed E-state index contributed by atoms with van der Waals surface area (Å²) in [6, 6.07) is 13.3. The number of benzene rings is 2. The average Bonchev–Trinajstić information content (AvgIpc) is 2.72. The topological polar surface area (TPSA) is 106 Å². The molecule has 0 heterocycles. The maximum atomic E-state index is 12.4. The van der Waals surface area contributed by atoms with Gasteiger partial charge in [0.2, 0.25) is 10.0 Å². The molecule has 150 valence electrons. The van der Waals surface area contributed by atoms with E-state index in [2.05, 4.69) is 9.46 Å². The molecular weight excluding hydrogens is 400 g/mol. The molecule has 2 aromatic rings. The molecule has 0 fully saturated rings. The van der Waals surface area contributed by atoms with E-state index < -0.39 is 16.0 Å². The van der Waals surface area contributed by atoms with Gasteiger partial charge in [0.15, 0.2) is 6.61 Å². The third kappa shape index (κ3) is 6.36. The number of rotatable bonds is 9. The van der Waals surface area contributed by atoms with Crippen LogP contribution in [0.25, 0.3) is 0 Å². The van der Waals surface area contributed by atoms with Crippen molar-refractivity contribution in [2.24, 2.45) is 0 Å². The highest BCUT2D eigenvalue weighted by Gasteiger charge is 2.13. The number of esters is 1. The number of hydrogen-bond acceptors (Lipinski definition) is 7. The number of carbonyl (C=O) groups is 1. The van der Waals surface area contributed by atoms with Gasteiger partial charge in [0.1, 0.15) is 5.75 Å². The minimum atomic E-state index is -3.61. The molecule has 0 aliphatic rings. The summed E-state index contributed by atoms with van der Waals surface area (Å²) < 4.78 is 37.1. The van der Waals surface area contributed by atoms with Gasteiger partial charge in [0.25, 0.3) is 0 Å². The van der Waals surface area contributed by atoms with Crippen LogP contribution in [0.15, 0.2) is 53.4 Å². The number of thioether (sulfide) groups is 1. The molecule has 0 saturated carbocycles. The number of sulfonamides is 1. The lowest BCUT2D eigenvalue weighted by molar-refractivity contribution is -0.142. The molecular formula is C19H22N2O5S2. The molecule has 0 radical (unpaired) electrons. The van der Waals surface area contributed by atoms with Crippen LogP contribution in [-0.4, -0.2) is 45.9 Å². The fourth-order valence-corrected chi connectivity index (χ4v) is 3.67. The molecule has 0 bridgehead atoms. The molecule has 2 N–H and O–H groups in total. The van der Waals surface area contributed by atoms with Gasteiger partial charge in [0.05, 0.1) is 17.0 Å². The number of carbonyl (C=O) groups excluding carboxylic acids is 1. The van der Waals surface area contributed by atoms with Gasteiger partial charge in [-0.25, -0.2) is 17.9 Å². The van der Waals surface area contributed by atoms with Gasteiger partial charge in [0, 0.05) is 12.1 Å². The summed E-state index contributed by atoms with van der Waals surface area (Å²) in [5.41, 5.74) is 1.61. The lowest BCUT2D eigenvalue weighted by Crippen LogP contribution is -2.26. The number of hydrogen-bond donors (Lipinski definition) is 2. The van der Waals surface area contributed by atoms with Crippen molar-refractivity contribution in [2.45, 2.75) is 11.3 Å². The minimum absolute atomic E-state index is 0.162. The first-order valence-electron chi connectivity index (χ1n) is 8.37. The van der Waals surface area contributed by atoms with Gasteiger partial charge >= 0.3 is 5.97 Å². The van der Waals surface area contributed by atoms with Crippen LogP contribution in [0.5, 0.6) is 5.75 Å². The minimum Gasteiger partial charge on any atom is -0.482 e. The monoisotopic (exact) mass is 422 g/mol. The second-order valence-electron chi connectivity index (χ2n) is 5.71. The SMILES string of the molecule is COC(=O)COc1ccc(CCNS(=O)(=O)c2ccc(C(=N)SC)cc2)cc1. The van der Waals surface area contributed by atoms with Gasteiger partial charge in [-0.3, -0.25) is 5.41 Å². The Balaban J connectivity index is 1.87. The van der Waals surface area contributed by atoms with Crippen molar-refractivity contribution in [3.8, 4) is 5.75 Å². The van der Waals surface area contributed by atoms with E-state index in [1.54, 1.807) is 30.5 Å². The second-order valence-corrected chi connectivity index (χ2v) is 8.30. The lowest BCUT2D eigenvalue weighted by atomic mass is 10.1. The van der Waals surface area contributed by atoms with Crippen molar-refractivity contribution in [1.82, 2.24) is 4.72 Å². The molecule has 9 heteroatoms. The van der Waals surface area contributed by atoms with E-state index in [1.807, 2.05) is 12.1 Å². The Labute approximate surface area is 169 Å². The first kappa shape index (κ1) is 21.9. The summed E-state index contributed by atoms with van der Waals surface area (Å²) >= 11 is 1.30. The Morgan fingerprint density at radius 3 is 2.32 bits per heavy atom. The summed E-state index contributed by atoms with van der Waals surface area (Å²) in [6.45, 7) is 0.0813. The highest BCUT2D eigenvalue weighted by atomic mass is 32.2. The summed E-state index contributed by atoms with van der Waals surface area (Å²) in [5, 5.41) is 8.13. The number of ether oxygens (including phenoxy) is 2. The van der Waals surface area contributed by atoms with E-state index in [4.69, 9.17) is 10.1 Å². The Morgan fingerprint density at radius 2 is 1.75 bits per heavy atom. The Hall–Kier alpha value is -2.36. The second kappa shape index (κ2) is 10.3. The smallest absolute Gasteiger partial charge is 0.343 e. The van der Waals surface area contributed by atoms with Crippen molar-refractivity contribution in [2.75, 3.05) is 26.5 Å². The van der Waals surface area contributed by atoms with Crippen molar-refractivity contribution < 1.29 is 22.7 Å². The van der Waals surface area contributed by atoms with Crippen LogP contribution in [0.2, 0.25) is 0 Å². The highest BCUT2D eigenvalue weighted by molar-refractivity contribution is 8.13. The van der Waals surface area contributed by atoms with Crippen LogP contribution in [0, 0.1) is 5.41 Å². The summed E-state index contributed by atoms with van der Waals surface area (Å²) in [5.74, 6) is 0.0717. The highest BCUT2D eigenvalue weighted by Crippen LogP contribution is 2.15. The fourth-order valence-electron chi connectivity index (χ4n) is 2.27. The third-order valence-corrected chi connectivity index (χ3v) is 5.97. The van der Waals surface area contributed by atoms with E-state index in [0.29, 0.717) is 22.8 Å². The first-order valence-corrected chi connectivity index (χ1v) is 11.1. The molecule has 0 spiro atoms. The zero-order valence-corrected chi connectivity index (χ0v) is 17.2. The maximum Gasteiger partial charge on any atom is 0.343 e. The molecule has 0 amide bonds. The van der Waals surface area contributed by atoms with Crippen LogP contribution in [0.3, 0.4) is 0 Å². The van der Waals surface area contributed by atoms with E-state index in [0.717, 1.165) is 5.56 Å². The van der Waals surface area contributed by atoms with Gasteiger partial charge < -0.3 is 9.47 Å². The van der Waals surface area contributed by atoms with Crippen LogP contribution in [0.4, 0.5) is 0 Å². The van der Waals surface area contributed by atoms with Gasteiger partial charge in [-0.2, -0.15) is 0 Å². The molecule has 2 rings (SSSR count). The van der Waals surface area contributed by atoms with E-state index in [-0.39, 0.29) is 18.0 Å². The summed E-state index contributed by atoms with van der Waals surface area (Å²) in [6.07, 6.45) is 2.30. The van der Waals surface area contributed by atoms with Gasteiger partial charge in [-0.05, 0) is 42.5 Å². The summed E-state index contributed by atoms with van der Waals surface area (Å²) in [4.78, 5) is 11.2. The summed E-state index contributed by atoms with van der Waals surface area (Å²) in [7, 11) is -2.32. The van der Waals surface area contributed by atoms with Gasteiger partial charge in [-0.1, -0.05) is 24.3 Å². The van der Waals surface area contributed by atoms with Crippen molar-refractivity contribution in [1.29, 1.82) is 5.41 Å². The molecule has 0 aliphatic heterocycles. The largest absolute Gasteiger partial charge is 0.482 e. The standard InChI is InChI=1S/C19H22N2O5S2/c1-25-18(22)13-26-16-7-3-14(4-8-16)11-12-21-28(23,24)17-9-5-15(6-10-17)19(20)27-2/h3-10,20-21H,11-13H2,1-2H3. The predicted molar refractivity (Wildman–Crippen MR) is 110 cm³/mol. The number of nitrogens with one attached hydrogen (secondary N) is 2. The third-order valence-electron chi connectivity index (χ3n) is 3.84. The fraction of sp³-hybridized carbons (Fsp3) is 0.263. The zero-order chi connectivity index (χ0) is 20.6. The molecule has 28 heavy (non-hydrogen) atoms. The first-order chi connectivity index (χ1) is 13.4. The van der Waals surface area contributed by atoms with Crippen molar-refractivity contribution in [3.05, 3.63) is 59.7 Å². The lowest BCUT2D eigenvalue weighted by Gasteiger charge is -2.09. The molecule has 0 aromatic heterocycles. The van der Waals surface area contributed by atoms with E-state index in [1.165, 1.54) is 31.0 Å². The molecule has 0 atom stereocenters. The molecule has 0 unspecified atom stereocenters. The van der Waals surface area contributed by atoms with E-state index in [9.17, 15) is 13.2 Å². The predicted octanol–water partition coefficient (Wildman–Crippen LogP) is 2.45. The molecule has 0 saturated heterocycles. The van der Waals surface area contributed by atoms with Crippen molar-refractivity contribution >= 4 is 32.8 Å². The quantitative estimate of drug-likeness (QED) is 0.365. The number of methoxy groups -OCH3 is 1. The maximum absolute atomic E-state index is 12.4. The van der Waals surface area contributed by atoms with Gasteiger partial charge in [-0.15, -0.1) is 11.8 Å². The van der Waals surface area contributed by atoms with Crippen LogP contribution in [0.1, 0.15) is 11.1 Å². The molecule has 2 aromatic carbocycles. The van der Waals surface area contributed by atoms with Crippen LogP contribution >= 0.6 is 11.8 Å². The Morgan fingerprint density at radius 1 is 1.11 bits per heavy atom. The average molecular weight is 423 g/mol. The van der Waals surface area contributed by atoms with Crippen molar-refractivity contribution in [3.63, 3.8) is 0 Å². The zero-order valence-electron chi connectivity index (χ0n) is 15.6. The Kier molecular flexibility index (Phi) is 8.04. The molecule has 0 aliphatic carbocycles. The normalized spacial score (nSPS) is 11.1. The van der Waals surface area contributed by atoms with Crippen LogP contribution < -0.4 is 9.46 Å². The molecule has 7 nitrogen and oxygen atoms in total. The Bertz CT molecular complexity index is 910.